The Kier molecular flexibility index (Phi) is 4.57. The summed E-state index contributed by atoms with van der Waals surface area (Å²) in [6, 6.07) is 3.77. The summed E-state index contributed by atoms with van der Waals surface area (Å²) in [5, 5.41) is 1.94. The quantitative estimate of drug-likeness (QED) is 0.486. The van der Waals surface area contributed by atoms with Gasteiger partial charge in [-0.1, -0.05) is 0 Å². The van der Waals surface area contributed by atoms with Crippen LogP contribution in [0.15, 0.2) is 22.8 Å². The molecular formula is C18H18O5S. The molecule has 0 bridgehead atoms. The van der Waals surface area contributed by atoms with E-state index >= 15 is 0 Å². The lowest BCUT2D eigenvalue weighted by Crippen LogP contribution is -2.07. The number of Topliss-reactive ketones (excluding diaryl/α,β-unsaturated/α-hetero) is 1. The van der Waals surface area contributed by atoms with Gasteiger partial charge in [0, 0.05) is 28.0 Å². The second-order valence-electron chi connectivity index (χ2n) is 5.40. The summed E-state index contributed by atoms with van der Waals surface area (Å²) in [6.45, 7) is 4.00. The lowest BCUT2D eigenvalue weighted by molar-refractivity contribution is -0.143. The summed E-state index contributed by atoms with van der Waals surface area (Å²) >= 11 is 1.42. The fraction of sp³-hybridized carbons (Fsp3) is 0.333. The van der Waals surface area contributed by atoms with E-state index in [1.165, 1.54) is 11.3 Å². The number of carbonyl (C=O) groups excluding carboxylic acids is 2. The summed E-state index contributed by atoms with van der Waals surface area (Å²) in [7, 11) is 1.59. The molecule has 0 N–H and O–H groups in total. The monoisotopic (exact) mass is 346 g/mol. The van der Waals surface area contributed by atoms with Crippen molar-refractivity contribution in [3.8, 4) is 5.75 Å². The maximum Gasteiger partial charge on any atom is 0.306 e. The zero-order valence-corrected chi connectivity index (χ0v) is 14.6. The van der Waals surface area contributed by atoms with Crippen LogP contribution in [0.4, 0.5) is 0 Å². The number of ketones is 1. The van der Waals surface area contributed by atoms with Crippen molar-refractivity contribution in [2.45, 2.75) is 26.7 Å². The van der Waals surface area contributed by atoms with Crippen LogP contribution >= 0.6 is 11.3 Å². The minimum Gasteiger partial charge on any atom is -0.493 e. The van der Waals surface area contributed by atoms with Crippen LogP contribution in [0.25, 0.3) is 21.1 Å². The Morgan fingerprint density at radius 1 is 1.29 bits per heavy atom. The molecular weight excluding hydrogens is 328 g/mol. The van der Waals surface area contributed by atoms with Crippen LogP contribution in [0, 0.1) is 6.92 Å². The highest BCUT2D eigenvalue weighted by molar-refractivity contribution is 7.21. The van der Waals surface area contributed by atoms with E-state index in [9.17, 15) is 9.59 Å². The zero-order valence-electron chi connectivity index (χ0n) is 13.8. The number of hydrogen-bond donors (Lipinski definition) is 0. The second kappa shape index (κ2) is 6.65. The van der Waals surface area contributed by atoms with E-state index < -0.39 is 0 Å². The number of fused-ring (bicyclic) bond motifs is 3. The normalized spacial score (nSPS) is 11.1. The van der Waals surface area contributed by atoms with Crippen molar-refractivity contribution in [3.63, 3.8) is 0 Å². The summed E-state index contributed by atoms with van der Waals surface area (Å²) in [4.78, 5) is 24.7. The van der Waals surface area contributed by atoms with Gasteiger partial charge in [-0.05, 0) is 25.5 Å². The summed E-state index contributed by atoms with van der Waals surface area (Å²) in [5.41, 5.74) is 1.59. The topological polar surface area (TPSA) is 65.7 Å². The van der Waals surface area contributed by atoms with Gasteiger partial charge in [0.05, 0.1) is 31.3 Å². The van der Waals surface area contributed by atoms with Gasteiger partial charge in [-0.15, -0.1) is 11.3 Å². The number of benzene rings is 1. The molecule has 126 valence electrons. The Balaban J connectivity index is 1.99. The number of rotatable bonds is 6. The van der Waals surface area contributed by atoms with Crippen LogP contribution in [0.3, 0.4) is 0 Å². The minimum absolute atomic E-state index is 0.0441. The summed E-state index contributed by atoms with van der Waals surface area (Å²) < 4.78 is 16.7. The van der Waals surface area contributed by atoms with E-state index in [1.54, 1.807) is 20.3 Å². The van der Waals surface area contributed by atoms with Gasteiger partial charge in [-0.3, -0.25) is 9.59 Å². The van der Waals surface area contributed by atoms with Gasteiger partial charge in [0.2, 0.25) is 0 Å². The molecule has 2 heterocycles. The molecule has 0 amide bonds. The van der Waals surface area contributed by atoms with Crippen LogP contribution in [-0.2, 0) is 9.53 Å². The molecule has 0 atom stereocenters. The van der Waals surface area contributed by atoms with E-state index in [-0.39, 0.29) is 24.6 Å². The fourth-order valence-corrected chi connectivity index (χ4v) is 4.06. The first-order valence-corrected chi connectivity index (χ1v) is 8.54. The SMILES string of the molecule is CCOC(=O)CCC(=O)c1sc2cc(OC)c3occc3c2c1C. The third-order valence-corrected chi connectivity index (χ3v) is 5.21. The first-order valence-electron chi connectivity index (χ1n) is 7.73. The average Bonchev–Trinajstić information content (AvgIpc) is 3.16. The molecule has 0 aliphatic carbocycles. The van der Waals surface area contributed by atoms with Crippen LogP contribution in [0.2, 0.25) is 0 Å². The summed E-state index contributed by atoms with van der Waals surface area (Å²) in [5.74, 6) is 0.259. The van der Waals surface area contributed by atoms with E-state index in [4.69, 9.17) is 13.9 Å². The number of thiophene rings is 1. The van der Waals surface area contributed by atoms with Crippen molar-refractivity contribution in [3.05, 3.63) is 28.8 Å². The van der Waals surface area contributed by atoms with E-state index in [0.717, 1.165) is 21.0 Å². The van der Waals surface area contributed by atoms with Crippen molar-refractivity contribution in [2.75, 3.05) is 13.7 Å². The predicted octanol–water partition coefficient (Wildman–Crippen LogP) is 4.49. The lowest BCUT2D eigenvalue weighted by Gasteiger charge is -2.02. The predicted molar refractivity (Wildman–Crippen MR) is 93.1 cm³/mol. The van der Waals surface area contributed by atoms with Gasteiger partial charge < -0.3 is 13.9 Å². The number of hydrogen-bond acceptors (Lipinski definition) is 6. The van der Waals surface area contributed by atoms with Crippen LogP contribution in [0.1, 0.15) is 35.0 Å². The molecule has 0 aliphatic heterocycles. The lowest BCUT2D eigenvalue weighted by atomic mass is 10.0. The maximum atomic E-state index is 12.5. The van der Waals surface area contributed by atoms with Crippen molar-refractivity contribution >= 4 is 44.1 Å². The Morgan fingerprint density at radius 2 is 2.08 bits per heavy atom. The molecule has 0 aliphatic rings. The van der Waals surface area contributed by atoms with Gasteiger partial charge >= 0.3 is 5.97 Å². The number of ether oxygens (including phenoxy) is 2. The molecule has 2 aromatic heterocycles. The number of furan rings is 1. The van der Waals surface area contributed by atoms with Crippen molar-refractivity contribution in [1.29, 1.82) is 0 Å². The molecule has 0 saturated heterocycles. The Labute approximate surface area is 143 Å². The Bertz CT molecular complexity index is 918. The number of methoxy groups -OCH3 is 1. The van der Waals surface area contributed by atoms with Gasteiger partial charge in [-0.2, -0.15) is 0 Å². The van der Waals surface area contributed by atoms with Gasteiger partial charge in [0.1, 0.15) is 0 Å². The largest absolute Gasteiger partial charge is 0.493 e. The minimum atomic E-state index is -0.344. The molecule has 0 spiro atoms. The van der Waals surface area contributed by atoms with Crippen LogP contribution in [-0.4, -0.2) is 25.5 Å². The third-order valence-electron chi connectivity index (χ3n) is 3.93. The molecule has 3 rings (SSSR count). The first kappa shape index (κ1) is 16.5. The highest BCUT2D eigenvalue weighted by atomic mass is 32.1. The standard InChI is InChI=1S/C18H18O5S/c1-4-22-15(20)6-5-12(19)18-10(2)16-11-7-8-23-17(11)13(21-3)9-14(16)24-18/h7-9H,4-6H2,1-3H3. The molecule has 0 unspecified atom stereocenters. The molecule has 5 nitrogen and oxygen atoms in total. The molecule has 0 fully saturated rings. The molecule has 3 aromatic rings. The molecule has 24 heavy (non-hydrogen) atoms. The molecule has 0 saturated carbocycles. The van der Waals surface area contributed by atoms with E-state index in [2.05, 4.69) is 0 Å². The highest BCUT2D eigenvalue weighted by Gasteiger charge is 2.20. The Hall–Kier alpha value is -2.34. The van der Waals surface area contributed by atoms with E-state index in [1.807, 2.05) is 19.1 Å². The first-order chi connectivity index (χ1) is 11.6. The molecule has 6 heteroatoms. The second-order valence-corrected chi connectivity index (χ2v) is 6.45. The van der Waals surface area contributed by atoms with Crippen molar-refractivity contribution in [2.24, 2.45) is 0 Å². The summed E-state index contributed by atoms with van der Waals surface area (Å²) in [6.07, 6.45) is 1.87. The highest BCUT2D eigenvalue weighted by Crippen LogP contribution is 2.41. The van der Waals surface area contributed by atoms with Crippen LogP contribution < -0.4 is 4.74 Å². The van der Waals surface area contributed by atoms with E-state index in [0.29, 0.717) is 22.8 Å². The van der Waals surface area contributed by atoms with Crippen molar-refractivity contribution in [1.82, 2.24) is 0 Å². The van der Waals surface area contributed by atoms with Gasteiger partial charge in [-0.25, -0.2) is 0 Å². The van der Waals surface area contributed by atoms with Crippen LogP contribution in [0.5, 0.6) is 5.75 Å². The molecule has 1 aromatic carbocycles. The smallest absolute Gasteiger partial charge is 0.306 e. The third kappa shape index (κ3) is 2.78. The maximum absolute atomic E-state index is 12.5. The van der Waals surface area contributed by atoms with Gasteiger partial charge in [0.15, 0.2) is 17.1 Å². The zero-order chi connectivity index (χ0) is 17.3. The number of carbonyl (C=O) groups is 2. The Morgan fingerprint density at radius 3 is 2.79 bits per heavy atom. The molecule has 0 radical (unpaired) electrons. The average molecular weight is 346 g/mol. The number of esters is 1. The van der Waals surface area contributed by atoms with Gasteiger partial charge in [0.25, 0.3) is 0 Å². The number of aryl methyl sites for hydroxylation is 1. The van der Waals surface area contributed by atoms with Crippen molar-refractivity contribution < 1.29 is 23.5 Å². The fourth-order valence-electron chi connectivity index (χ4n) is 2.83.